The normalized spacial score (nSPS) is 19.2. The minimum Gasteiger partial charge on any atom is -0.478 e. The Bertz CT molecular complexity index is 684. The number of nitrogens with one attached hydrogen (secondary N) is 2. The van der Waals surface area contributed by atoms with Gasteiger partial charge in [0.1, 0.15) is 0 Å². The van der Waals surface area contributed by atoms with Crippen molar-refractivity contribution in [2.45, 2.75) is 50.2 Å². The highest BCUT2D eigenvalue weighted by atomic mass is 32.2. The average molecular weight is 356 g/mol. The number of carboxylic acids is 1. The number of benzene rings is 1. The Hall–Kier alpha value is -1.64. The van der Waals surface area contributed by atoms with Crippen molar-refractivity contribution in [2.75, 3.05) is 18.5 Å². The molecule has 1 aromatic carbocycles. The van der Waals surface area contributed by atoms with Crippen molar-refractivity contribution in [1.29, 1.82) is 0 Å². The first-order valence-electron chi connectivity index (χ1n) is 8.08. The molecule has 1 aliphatic heterocycles. The van der Waals surface area contributed by atoms with Crippen molar-refractivity contribution in [2.24, 2.45) is 0 Å². The lowest BCUT2D eigenvalue weighted by molar-refractivity contribution is 0.0697. The topological polar surface area (TPSA) is 105 Å². The molecular weight excluding hydrogens is 332 g/mol. The van der Waals surface area contributed by atoms with Gasteiger partial charge in [-0.25, -0.2) is 17.9 Å². The van der Waals surface area contributed by atoms with Gasteiger partial charge in [-0.2, -0.15) is 0 Å². The van der Waals surface area contributed by atoms with Gasteiger partial charge in [0.05, 0.1) is 16.6 Å². The molecule has 0 saturated carbocycles. The van der Waals surface area contributed by atoms with Crippen LogP contribution in [0.15, 0.2) is 23.1 Å². The number of hydrogen-bond acceptors (Lipinski definition) is 5. The molecule has 0 aromatic heterocycles. The molecule has 0 amide bonds. The first kappa shape index (κ1) is 18.7. The Morgan fingerprint density at radius 1 is 1.46 bits per heavy atom. The fourth-order valence-corrected chi connectivity index (χ4v) is 3.54. The number of aromatic carboxylic acids is 1. The molecule has 1 aliphatic rings. The molecular formula is C16H24N2O5S. The predicted octanol–water partition coefficient (Wildman–Crippen LogP) is 2.05. The number of sulfonamides is 1. The summed E-state index contributed by atoms with van der Waals surface area (Å²) in [5.41, 5.74) is 0.352. The average Bonchev–Trinajstić information content (AvgIpc) is 3.06. The molecule has 0 aliphatic carbocycles. The molecule has 2 atom stereocenters. The summed E-state index contributed by atoms with van der Waals surface area (Å²) in [6, 6.07) is 4.18. The zero-order valence-electron chi connectivity index (χ0n) is 13.9. The molecule has 0 spiro atoms. The van der Waals surface area contributed by atoms with Gasteiger partial charge in [-0.15, -0.1) is 0 Å². The number of anilines is 1. The van der Waals surface area contributed by atoms with Gasteiger partial charge in [0.15, 0.2) is 0 Å². The van der Waals surface area contributed by atoms with Crippen LogP contribution in [-0.2, 0) is 14.8 Å². The van der Waals surface area contributed by atoms with Crippen LogP contribution in [0.5, 0.6) is 0 Å². The van der Waals surface area contributed by atoms with E-state index in [0.29, 0.717) is 12.3 Å². The van der Waals surface area contributed by atoms with Gasteiger partial charge >= 0.3 is 5.97 Å². The zero-order valence-corrected chi connectivity index (χ0v) is 14.7. The Kier molecular flexibility index (Phi) is 6.20. The van der Waals surface area contributed by atoms with Crippen molar-refractivity contribution in [3.05, 3.63) is 23.8 Å². The molecule has 3 N–H and O–H groups in total. The fraction of sp³-hybridized carbons (Fsp3) is 0.562. The molecule has 0 radical (unpaired) electrons. The van der Waals surface area contributed by atoms with E-state index in [9.17, 15) is 18.3 Å². The van der Waals surface area contributed by atoms with Crippen molar-refractivity contribution in [3.8, 4) is 0 Å². The Morgan fingerprint density at radius 2 is 2.21 bits per heavy atom. The molecule has 8 heteroatoms. The SMILES string of the molecule is CC[C@@H](C)Nc1ccc(S(=O)(=O)NC[C@H]2CCCO2)cc1C(=O)O. The number of rotatable bonds is 8. The summed E-state index contributed by atoms with van der Waals surface area (Å²) >= 11 is 0. The molecule has 1 aromatic rings. The van der Waals surface area contributed by atoms with Crippen molar-refractivity contribution < 1.29 is 23.1 Å². The van der Waals surface area contributed by atoms with Gasteiger partial charge < -0.3 is 15.2 Å². The van der Waals surface area contributed by atoms with E-state index in [4.69, 9.17) is 4.74 Å². The van der Waals surface area contributed by atoms with Crippen LogP contribution in [-0.4, -0.2) is 44.8 Å². The first-order chi connectivity index (χ1) is 11.3. The molecule has 24 heavy (non-hydrogen) atoms. The highest BCUT2D eigenvalue weighted by Crippen LogP contribution is 2.22. The third-order valence-corrected chi connectivity index (χ3v) is 5.49. The number of ether oxygens (including phenoxy) is 1. The van der Waals surface area contributed by atoms with Crippen molar-refractivity contribution in [1.82, 2.24) is 4.72 Å². The summed E-state index contributed by atoms with van der Waals surface area (Å²) in [6.07, 6.45) is 2.44. The summed E-state index contributed by atoms with van der Waals surface area (Å²) in [4.78, 5) is 11.4. The molecule has 1 saturated heterocycles. The van der Waals surface area contributed by atoms with Crippen molar-refractivity contribution in [3.63, 3.8) is 0 Å². The molecule has 1 fully saturated rings. The van der Waals surface area contributed by atoms with Gasteiger partial charge in [0.25, 0.3) is 0 Å². The quantitative estimate of drug-likeness (QED) is 0.658. The largest absolute Gasteiger partial charge is 0.478 e. The highest BCUT2D eigenvalue weighted by Gasteiger charge is 2.22. The molecule has 2 rings (SSSR count). The maximum atomic E-state index is 12.4. The second kappa shape index (κ2) is 7.96. The monoisotopic (exact) mass is 356 g/mol. The van der Waals surface area contributed by atoms with Crippen LogP contribution in [0.25, 0.3) is 0 Å². The van der Waals surface area contributed by atoms with Crippen LogP contribution >= 0.6 is 0 Å². The zero-order chi connectivity index (χ0) is 17.7. The second-order valence-electron chi connectivity index (χ2n) is 5.95. The third kappa shape index (κ3) is 4.68. The van der Waals surface area contributed by atoms with Crippen LogP contribution in [0.4, 0.5) is 5.69 Å². The smallest absolute Gasteiger partial charge is 0.337 e. The molecule has 134 valence electrons. The predicted molar refractivity (Wildman–Crippen MR) is 90.9 cm³/mol. The van der Waals surface area contributed by atoms with Crippen LogP contribution in [0.3, 0.4) is 0 Å². The van der Waals surface area contributed by atoms with Gasteiger partial charge in [-0.3, -0.25) is 0 Å². The number of hydrogen-bond donors (Lipinski definition) is 3. The molecule has 0 unspecified atom stereocenters. The summed E-state index contributed by atoms with van der Waals surface area (Å²) in [7, 11) is -3.78. The lowest BCUT2D eigenvalue weighted by atomic mass is 10.1. The van der Waals surface area contributed by atoms with Crippen LogP contribution < -0.4 is 10.0 Å². The standard InChI is InChI=1S/C16H24N2O5S/c1-3-11(2)18-15-7-6-13(9-14(15)16(19)20)24(21,22)17-10-12-5-4-8-23-12/h6-7,9,11-12,17-18H,3-5,8,10H2,1-2H3,(H,19,20)/t11-,12-/m1/s1. The first-order valence-corrected chi connectivity index (χ1v) is 9.57. The molecule has 7 nitrogen and oxygen atoms in total. The van der Waals surface area contributed by atoms with Gasteiger partial charge in [-0.05, 0) is 44.4 Å². The van der Waals surface area contributed by atoms with E-state index in [2.05, 4.69) is 10.0 Å². The Labute approximate surface area is 142 Å². The Balaban J connectivity index is 2.19. The van der Waals surface area contributed by atoms with E-state index in [1.54, 1.807) is 0 Å². The van der Waals surface area contributed by atoms with E-state index < -0.39 is 16.0 Å². The van der Waals surface area contributed by atoms with E-state index in [-0.39, 0.29) is 29.1 Å². The van der Waals surface area contributed by atoms with E-state index >= 15 is 0 Å². The van der Waals surface area contributed by atoms with E-state index in [1.165, 1.54) is 18.2 Å². The van der Waals surface area contributed by atoms with Gasteiger partial charge in [-0.1, -0.05) is 6.92 Å². The Morgan fingerprint density at radius 3 is 2.79 bits per heavy atom. The molecule has 1 heterocycles. The molecule has 0 bridgehead atoms. The summed E-state index contributed by atoms with van der Waals surface area (Å²) in [5.74, 6) is -1.17. The summed E-state index contributed by atoms with van der Waals surface area (Å²) in [5, 5.41) is 12.4. The summed E-state index contributed by atoms with van der Waals surface area (Å²) < 4.78 is 32.6. The second-order valence-corrected chi connectivity index (χ2v) is 7.72. The number of carbonyl (C=O) groups is 1. The number of carboxylic acid groups (broad SMARTS) is 1. The maximum absolute atomic E-state index is 12.4. The van der Waals surface area contributed by atoms with E-state index in [0.717, 1.165) is 19.3 Å². The maximum Gasteiger partial charge on any atom is 0.337 e. The van der Waals surface area contributed by atoms with E-state index in [1.807, 2.05) is 13.8 Å². The third-order valence-electron chi connectivity index (χ3n) is 4.07. The fourth-order valence-electron chi connectivity index (χ4n) is 2.45. The van der Waals surface area contributed by atoms with Crippen LogP contribution in [0.1, 0.15) is 43.5 Å². The minimum atomic E-state index is -3.78. The van der Waals surface area contributed by atoms with Crippen molar-refractivity contribution >= 4 is 21.7 Å². The van der Waals surface area contributed by atoms with Crippen LogP contribution in [0.2, 0.25) is 0 Å². The van der Waals surface area contributed by atoms with Gasteiger partial charge in [0, 0.05) is 24.9 Å². The summed E-state index contributed by atoms with van der Waals surface area (Å²) in [6.45, 7) is 4.74. The highest BCUT2D eigenvalue weighted by molar-refractivity contribution is 7.89. The minimum absolute atomic E-state index is 0.0599. The lowest BCUT2D eigenvalue weighted by Crippen LogP contribution is -2.32. The van der Waals surface area contributed by atoms with Gasteiger partial charge in [0.2, 0.25) is 10.0 Å². The van der Waals surface area contributed by atoms with Crippen LogP contribution in [0, 0.1) is 0 Å². The lowest BCUT2D eigenvalue weighted by Gasteiger charge is -2.16.